The Balaban J connectivity index is 3.14. The fraction of sp³-hybridized carbons (Fsp3) is 0.200. The Bertz CT molecular complexity index is 233. The molecular formula is C5H9N5. The van der Waals surface area contributed by atoms with Crippen LogP contribution in [0.5, 0.6) is 0 Å². The van der Waals surface area contributed by atoms with E-state index in [9.17, 15) is 0 Å². The average Bonchev–Trinajstić information content (AvgIpc) is 1.95. The van der Waals surface area contributed by atoms with Gasteiger partial charge in [-0.1, -0.05) is 0 Å². The minimum Gasteiger partial charge on any atom is -0.394 e. The molecule has 54 valence electrons. The first-order valence-electron chi connectivity index (χ1n) is 2.79. The van der Waals surface area contributed by atoms with Crippen LogP contribution in [0.1, 0.15) is 5.69 Å². The number of hydrogen-bond acceptors (Lipinski definition) is 5. The average molecular weight is 139 g/mol. The molecule has 0 unspecified atom stereocenters. The molecule has 0 bridgehead atoms. The zero-order valence-corrected chi connectivity index (χ0v) is 5.63. The summed E-state index contributed by atoms with van der Waals surface area (Å²) in [5.41, 5.74) is 9.10. The van der Waals surface area contributed by atoms with Gasteiger partial charge in [0.15, 0.2) is 5.82 Å². The third-order valence-corrected chi connectivity index (χ3v) is 1.22. The maximum atomic E-state index is 5.53. The third kappa shape index (κ3) is 0.985. The highest BCUT2D eigenvalue weighted by atomic mass is 15.3. The number of anilines is 2. The second-order valence-electron chi connectivity index (χ2n) is 1.87. The predicted molar refractivity (Wildman–Crippen MR) is 39.0 cm³/mol. The van der Waals surface area contributed by atoms with Gasteiger partial charge in [0.25, 0.3) is 0 Å². The SMILES string of the molecule is Cc1ncnc(NN)c1N. The number of aryl methyl sites for hydroxylation is 1. The lowest BCUT2D eigenvalue weighted by molar-refractivity contribution is 1.09. The van der Waals surface area contributed by atoms with Gasteiger partial charge in [-0.3, -0.25) is 0 Å². The highest BCUT2D eigenvalue weighted by molar-refractivity contribution is 5.62. The summed E-state index contributed by atoms with van der Waals surface area (Å²) in [6, 6.07) is 0. The normalized spacial score (nSPS) is 9.40. The molecule has 0 radical (unpaired) electrons. The second-order valence-corrected chi connectivity index (χ2v) is 1.87. The minimum absolute atomic E-state index is 0.465. The van der Waals surface area contributed by atoms with Crippen LogP contribution in [0.3, 0.4) is 0 Å². The summed E-state index contributed by atoms with van der Waals surface area (Å²) in [4.78, 5) is 7.64. The molecule has 1 heterocycles. The number of nitrogens with zero attached hydrogens (tertiary/aromatic N) is 2. The van der Waals surface area contributed by atoms with E-state index in [2.05, 4.69) is 15.4 Å². The van der Waals surface area contributed by atoms with Crippen LogP contribution in [0.25, 0.3) is 0 Å². The summed E-state index contributed by atoms with van der Waals surface area (Å²) in [6.45, 7) is 1.79. The van der Waals surface area contributed by atoms with Crippen LogP contribution in [0.4, 0.5) is 11.5 Å². The number of aromatic nitrogens is 2. The summed E-state index contributed by atoms with van der Waals surface area (Å²) in [5, 5.41) is 0. The molecule has 1 rings (SSSR count). The van der Waals surface area contributed by atoms with Crippen LogP contribution in [0.2, 0.25) is 0 Å². The fourth-order valence-corrected chi connectivity index (χ4v) is 0.599. The van der Waals surface area contributed by atoms with Crippen LogP contribution >= 0.6 is 0 Å². The van der Waals surface area contributed by atoms with Gasteiger partial charge in [-0.25, -0.2) is 15.8 Å². The molecule has 0 aliphatic rings. The Morgan fingerprint density at radius 3 is 2.70 bits per heavy atom. The molecule has 1 aromatic heterocycles. The molecule has 5 N–H and O–H groups in total. The van der Waals surface area contributed by atoms with Crippen molar-refractivity contribution in [2.45, 2.75) is 6.92 Å². The van der Waals surface area contributed by atoms with E-state index in [0.717, 1.165) is 5.69 Å². The van der Waals surface area contributed by atoms with Crippen molar-refractivity contribution in [1.29, 1.82) is 0 Å². The highest BCUT2D eigenvalue weighted by Gasteiger charge is 1.99. The molecule has 10 heavy (non-hydrogen) atoms. The van der Waals surface area contributed by atoms with Gasteiger partial charge in [-0.05, 0) is 6.92 Å². The van der Waals surface area contributed by atoms with Crippen molar-refractivity contribution in [3.05, 3.63) is 12.0 Å². The van der Waals surface area contributed by atoms with Crippen LogP contribution < -0.4 is 17.0 Å². The molecule has 5 nitrogen and oxygen atoms in total. The molecule has 0 saturated heterocycles. The molecular weight excluding hydrogens is 130 g/mol. The minimum atomic E-state index is 0.465. The molecule has 1 aromatic rings. The van der Waals surface area contributed by atoms with Gasteiger partial charge < -0.3 is 11.2 Å². The lowest BCUT2D eigenvalue weighted by Gasteiger charge is -2.03. The van der Waals surface area contributed by atoms with Crippen molar-refractivity contribution in [2.24, 2.45) is 5.84 Å². The Morgan fingerprint density at radius 2 is 2.20 bits per heavy atom. The highest BCUT2D eigenvalue weighted by Crippen LogP contribution is 2.14. The number of nitrogen functional groups attached to an aromatic ring is 2. The van der Waals surface area contributed by atoms with Crippen LogP contribution in [0.15, 0.2) is 6.33 Å². The van der Waals surface area contributed by atoms with E-state index in [1.807, 2.05) is 0 Å². The van der Waals surface area contributed by atoms with Gasteiger partial charge in [0.2, 0.25) is 0 Å². The van der Waals surface area contributed by atoms with Crippen LogP contribution in [0, 0.1) is 6.92 Å². The van der Waals surface area contributed by atoms with E-state index in [1.54, 1.807) is 6.92 Å². The Labute approximate surface area is 58.4 Å². The summed E-state index contributed by atoms with van der Waals surface area (Å²) in [6.07, 6.45) is 1.40. The lowest BCUT2D eigenvalue weighted by atomic mass is 10.3. The topological polar surface area (TPSA) is 89.8 Å². The van der Waals surface area contributed by atoms with Crippen molar-refractivity contribution in [3.8, 4) is 0 Å². The lowest BCUT2D eigenvalue weighted by Crippen LogP contribution is -2.12. The van der Waals surface area contributed by atoms with Gasteiger partial charge in [0.05, 0.1) is 11.4 Å². The molecule has 5 heteroatoms. The second kappa shape index (κ2) is 2.49. The third-order valence-electron chi connectivity index (χ3n) is 1.22. The van der Waals surface area contributed by atoms with Gasteiger partial charge >= 0.3 is 0 Å². The number of hydrazine groups is 1. The van der Waals surface area contributed by atoms with E-state index < -0.39 is 0 Å². The summed E-state index contributed by atoms with van der Waals surface area (Å²) < 4.78 is 0. The van der Waals surface area contributed by atoms with Gasteiger partial charge in [-0.15, -0.1) is 0 Å². The maximum absolute atomic E-state index is 5.53. The Kier molecular flexibility index (Phi) is 1.68. The Hall–Kier alpha value is -1.36. The number of nitrogens with one attached hydrogen (secondary N) is 1. The van der Waals surface area contributed by atoms with Crippen LogP contribution in [-0.2, 0) is 0 Å². The fourth-order valence-electron chi connectivity index (χ4n) is 0.599. The zero-order chi connectivity index (χ0) is 7.56. The van der Waals surface area contributed by atoms with Crippen molar-refractivity contribution < 1.29 is 0 Å². The van der Waals surface area contributed by atoms with E-state index in [4.69, 9.17) is 11.6 Å². The summed E-state index contributed by atoms with van der Waals surface area (Å²) in [7, 11) is 0. The molecule has 0 fully saturated rings. The van der Waals surface area contributed by atoms with Crippen molar-refractivity contribution in [2.75, 3.05) is 11.2 Å². The van der Waals surface area contributed by atoms with Crippen molar-refractivity contribution in [1.82, 2.24) is 9.97 Å². The first-order valence-corrected chi connectivity index (χ1v) is 2.79. The zero-order valence-electron chi connectivity index (χ0n) is 5.63. The van der Waals surface area contributed by atoms with Gasteiger partial charge in [0, 0.05) is 0 Å². The van der Waals surface area contributed by atoms with Crippen molar-refractivity contribution >= 4 is 11.5 Å². The standard InChI is InChI=1S/C5H9N5/c1-3-4(6)5(10-7)9-2-8-3/h2H,6-7H2,1H3,(H,8,9,10). The molecule has 0 saturated carbocycles. The molecule has 0 amide bonds. The monoisotopic (exact) mass is 139 g/mol. The van der Waals surface area contributed by atoms with Crippen molar-refractivity contribution in [3.63, 3.8) is 0 Å². The first-order chi connectivity index (χ1) is 4.75. The van der Waals surface area contributed by atoms with Gasteiger partial charge in [-0.2, -0.15) is 0 Å². The predicted octanol–water partition coefficient (Wildman–Crippen LogP) is -0.347. The maximum Gasteiger partial charge on any atom is 0.166 e. The molecule has 0 aliphatic heterocycles. The molecule has 0 aliphatic carbocycles. The van der Waals surface area contributed by atoms with E-state index in [-0.39, 0.29) is 0 Å². The number of rotatable bonds is 1. The number of nitrogens with two attached hydrogens (primary N) is 2. The van der Waals surface area contributed by atoms with E-state index in [1.165, 1.54) is 6.33 Å². The van der Waals surface area contributed by atoms with Gasteiger partial charge in [0.1, 0.15) is 6.33 Å². The summed E-state index contributed by atoms with van der Waals surface area (Å²) >= 11 is 0. The Morgan fingerprint density at radius 1 is 1.50 bits per heavy atom. The first kappa shape index (κ1) is 6.76. The molecule has 0 aromatic carbocycles. The van der Waals surface area contributed by atoms with Crippen LogP contribution in [-0.4, -0.2) is 9.97 Å². The van der Waals surface area contributed by atoms with E-state index in [0.29, 0.717) is 11.5 Å². The smallest absolute Gasteiger partial charge is 0.166 e. The molecule has 0 spiro atoms. The van der Waals surface area contributed by atoms with E-state index >= 15 is 0 Å². The largest absolute Gasteiger partial charge is 0.394 e. The quantitative estimate of drug-likeness (QED) is 0.365. The molecule has 0 atom stereocenters. The summed E-state index contributed by atoms with van der Waals surface area (Å²) in [5.74, 6) is 5.56. The number of hydrogen-bond donors (Lipinski definition) is 3.